The molecule has 8 atom stereocenters. The Morgan fingerprint density at radius 3 is 2.86 bits per heavy atom. The van der Waals surface area contributed by atoms with Crippen molar-refractivity contribution in [3.05, 3.63) is 23.8 Å². The van der Waals surface area contributed by atoms with Crippen molar-refractivity contribution in [1.82, 2.24) is 0 Å². The van der Waals surface area contributed by atoms with Crippen molar-refractivity contribution in [2.24, 2.45) is 34.5 Å². The molecule has 6 heteroatoms. The molecule has 2 bridgehead atoms. The van der Waals surface area contributed by atoms with Crippen molar-refractivity contribution in [2.45, 2.75) is 58.3 Å². The highest BCUT2D eigenvalue weighted by Crippen LogP contribution is 2.70. The lowest BCUT2D eigenvalue weighted by molar-refractivity contribution is -0.163. The molecule has 5 aliphatic rings. The molecule has 5 rings (SSSR count). The summed E-state index contributed by atoms with van der Waals surface area (Å²) in [6.45, 7) is 3.27. The van der Waals surface area contributed by atoms with Crippen LogP contribution in [-0.2, 0) is 23.9 Å². The molecule has 29 heavy (non-hydrogen) atoms. The second-order valence-electron chi connectivity index (χ2n) is 9.74. The largest absolute Gasteiger partial charge is 0.458 e. The van der Waals surface area contributed by atoms with Crippen molar-refractivity contribution in [3.8, 4) is 0 Å². The Labute approximate surface area is 170 Å². The highest BCUT2D eigenvalue weighted by Gasteiger charge is 2.71. The van der Waals surface area contributed by atoms with E-state index in [4.69, 9.17) is 9.47 Å². The summed E-state index contributed by atoms with van der Waals surface area (Å²) in [5.74, 6) is -0.103. The standard InChI is InChI=1S/C23H28O6/c1-12(24)28-11-18(26)17-6-5-16-15-4-3-13-9-14(25)7-8-22(13,2)20(15)19-10-23(16,17)21(27)29-19/h7-9,15-17,19-21,27H,3-6,10-11H2,1-2H3/t15-,16-,17+,19-,20+,21?,22-,23+/m0/s1. The first kappa shape index (κ1) is 19.2. The molecule has 1 spiro atoms. The predicted molar refractivity (Wildman–Crippen MR) is 102 cm³/mol. The second kappa shape index (κ2) is 6.35. The van der Waals surface area contributed by atoms with Crippen LogP contribution in [0.3, 0.4) is 0 Å². The van der Waals surface area contributed by atoms with Crippen LogP contribution in [0.5, 0.6) is 0 Å². The first-order valence-electron chi connectivity index (χ1n) is 10.7. The van der Waals surface area contributed by atoms with Gasteiger partial charge in [-0.05, 0) is 56.1 Å². The van der Waals surface area contributed by atoms with Gasteiger partial charge in [0, 0.05) is 29.6 Å². The number of rotatable bonds is 3. The van der Waals surface area contributed by atoms with Crippen molar-refractivity contribution in [1.29, 1.82) is 0 Å². The Morgan fingerprint density at radius 1 is 1.31 bits per heavy atom. The average molecular weight is 400 g/mol. The van der Waals surface area contributed by atoms with Gasteiger partial charge in [-0.3, -0.25) is 14.4 Å². The molecule has 1 aliphatic heterocycles. The van der Waals surface area contributed by atoms with Crippen LogP contribution in [0, 0.1) is 34.5 Å². The van der Waals surface area contributed by atoms with Crippen LogP contribution in [0.25, 0.3) is 0 Å². The first-order valence-corrected chi connectivity index (χ1v) is 10.7. The van der Waals surface area contributed by atoms with Crippen LogP contribution in [0.4, 0.5) is 0 Å². The van der Waals surface area contributed by atoms with Crippen LogP contribution >= 0.6 is 0 Å². The molecule has 1 unspecified atom stereocenters. The Morgan fingerprint density at radius 2 is 2.10 bits per heavy atom. The fourth-order valence-electron chi connectivity index (χ4n) is 7.60. The molecule has 3 saturated carbocycles. The summed E-state index contributed by atoms with van der Waals surface area (Å²) in [7, 11) is 0. The minimum atomic E-state index is -0.970. The molecule has 1 N–H and O–H groups in total. The van der Waals surface area contributed by atoms with Gasteiger partial charge in [-0.2, -0.15) is 0 Å². The quantitative estimate of drug-likeness (QED) is 0.732. The van der Waals surface area contributed by atoms with Crippen LogP contribution < -0.4 is 0 Å². The summed E-state index contributed by atoms with van der Waals surface area (Å²) in [5.41, 5.74) is 0.357. The molecule has 156 valence electrons. The maximum Gasteiger partial charge on any atom is 0.303 e. The third-order valence-electron chi connectivity index (χ3n) is 8.65. The van der Waals surface area contributed by atoms with E-state index in [9.17, 15) is 19.5 Å². The summed E-state index contributed by atoms with van der Waals surface area (Å²) in [5, 5.41) is 11.1. The topological polar surface area (TPSA) is 89.9 Å². The van der Waals surface area contributed by atoms with Gasteiger partial charge in [0.25, 0.3) is 0 Å². The summed E-state index contributed by atoms with van der Waals surface area (Å²) < 4.78 is 11.1. The van der Waals surface area contributed by atoms with E-state index in [1.165, 1.54) is 12.5 Å². The monoisotopic (exact) mass is 400 g/mol. The Kier molecular flexibility index (Phi) is 4.20. The van der Waals surface area contributed by atoms with Crippen molar-refractivity contribution in [2.75, 3.05) is 6.61 Å². The van der Waals surface area contributed by atoms with Crippen molar-refractivity contribution < 1.29 is 29.0 Å². The number of allylic oxidation sites excluding steroid dienone is 4. The SMILES string of the molecule is CC(=O)OCC(=O)[C@H]1CC[C@H]2[C@@H]3CCC4=CC(=O)C=C[C@]4(C)[C@H]3[C@@H]3C[C@]12C(O)O3. The average Bonchev–Trinajstić information content (AvgIpc) is 3.19. The Hall–Kier alpha value is -1.79. The lowest BCUT2D eigenvalue weighted by atomic mass is 9.47. The molecule has 0 aromatic heterocycles. The van der Waals surface area contributed by atoms with Gasteiger partial charge in [0.1, 0.15) is 6.61 Å². The number of ketones is 2. The van der Waals surface area contributed by atoms with E-state index < -0.39 is 17.7 Å². The molecular weight excluding hydrogens is 372 g/mol. The predicted octanol–water partition coefficient (Wildman–Crippen LogP) is 2.35. The van der Waals surface area contributed by atoms with E-state index in [2.05, 4.69) is 6.92 Å². The van der Waals surface area contributed by atoms with E-state index in [-0.39, 0.29) is 47.4 Å². The highest BCUT2D eigenvalue weighted by molar-refractivity contribution is 6.01. The molecule has 4 fully saturated rings. The molecule has 0 aromatic carbocycles. The third kappa shape index (κ3) is 2.51. The zero-order chi connectivity index (χ0) is 20.6. The van der Waals surface area contributed by atoms with Gasteiger partial charge >= 0.3 is 5.97 Å². The molecule has 4 aliphatic carbocycles. The number of ether oxygens (including phenoxy) is 2. The zero-order valence-corrected chi connectivity index (χ0v) is 16.9. The van der Waals surface area contributed by atoms with Gasteiger partial charge in [0.15, 0.2) is 17.9 Å². The number of aliphatic hydroxyl groups is 1. The number of hydrogen-bond donors (Lipinski definition) is 1. The normalized spacial score (nSPS) is 47.1. The lowest BCUT2D eigenvalue weighted by Crippen LogP contribution is -2.55. The second-order valence-corrected chi connectivity index (χ2v) is 9.74. The number of carbonyl (C=O) groups excluding carboxylic acids is 3. The summed E-state index contributed by atoms with van der Waals surface area (Å²) in [4.78, 5) is 36.0. The van der Waals surface area contributed by atoms with Gasteiger partial charge in [0.05, 0.1) is 6.10 Å². The van der Waals surface area contributed by atoms with E-state index in [0.717, 1.165) is 19.3 Å². The smallest absolute Gasteiger partial charge is 0.303 e. The fraction of sp³-hybridized carbons (Fsp3) is 0.696. The van der Waals surface area contributed by atoms with Crippen molar-refractivity contribution in [3.63, 3.8) is 0 Å². The molecule has 0 aromatic rings. The van der Waals surface area contributed by atoms with E-state index in [0.29, 0.717) is 18.8 Å². The summed E-state index contributed by atoms with van der Waals surface area (Å²) in [6.07, 6.45) is 8.44. The van der Waals surface area contributed by atoms with Crippen LogP contribution in [-0.4, -0.2) is 41.6 Å². The van der Waals surface area contributed by atoms with Crippen LogP contribution in [0.2, 0.25) is 0 Å². The van der Waals surface area contributed by atoms with Gasteiger partial charge in [-0.1, -0.05) is 18.6 Å². The third-order valence-corrected chi connectivity index (χ3v) is 8.65. The highest BCUT2D eigenvalue weighted by atomic mass is 16.6. The summed E-state index contributed by atoms with van der Waals surface area (Å²) in [6, 6.07) is 0. The zero-order valence-electron chi connectivity index (χ0n) is 16.9. The lowest BCUT2D eigenvalue weighted by Gasteiger charge is -2.56. The number of esters is 1. The number of fused-ring (bicyclic) bond motifs is 6. The number of Topliss-reactive ketones (excluding diaryl/α,β-unsaturated/α-hetero) is 1. The van der Waals surface area contributed by atoms with Gasteiger partial charge < -0.3 is 14.6 Å². The fourth-order valence-corrected chi connectivity index (χ4v) is 7.60. The number of hydrogen-bond acceptors (Lipinski definition) is 6. The van der Waals surface area contributed by atoms with Gasteiger partial charge in [0.2, 0.25) is 0 Å². The van der Waals surface area contributed by atoms with E-state index in [1.54, 1.807) is 12.2 Å². The number of carbonyl (C=O) groups is 3. The van der Waals surface area contributed by atoms with Gasteiger partial charge in [-0.15, -0.1) is 0 Å². The number of aliphatic hydroxyl groups excluding tert-OH is 1. The van der Waals surface area contributed by atoms with E-state index in [1.807, 2.05) is 6.08 Å². The first-order chi connectivity index (χ1) is 13.8. The molecule has 1 heterocycles. The minimum absolute atomic E-state index is 0.0467. The molecule has 6 nitrogen and oxygen atoms in total. The van der Waals surface area contributed by atoms with Crippen molar-refractivity contribution >= 4 is 17.5 Å². The maximum absolute atomic E-state index is 12.9. The molecule has 0 radical (unpaired) electrons. The molecule has 0 amide bonds. The van der Waals surface area contributed by atoms with E-state index >= 15 is 0 Å². The summed E-state index contributed by atoms with van der Waals surface area (Å²) >= 11 is 0. The Balaban J connectivity index is 1.49. The maximum atomic E-state index is 12.9. The molecular formula is C23H28O6. The molecule has 1 saturated heterocycles. The minimum Gasteiger partial charge on any atom is -0.458 e. The van der Waals surface area contributed by atoms with Gasteiger partial charge in [-0.25, -0.2) is 0 Å². The van der Waals surface area contributed by atoms with Crippen LogP contribution in [0.15, 0.2) is 23.8 Å². The van der Waals surface area contributed by atoms with Crippen LogP contribution in [0.1, 0.15) is 46.0 Å². The Bertz CT molecular complexity index is 842.